The zero-order valence-electron chi connectivity index (χ0n) is 13.8. The van der Waals surface area contributed by atoms with Crippen molar-refractivity contribution in [2.24, 2.45) is 0 Å². The Morgan fingerprint density at radius 1 is 1.08 bits per heavy atom. The van der Waals surface area contributed by atoms with Crippen molar-refractivity contribution in [2.45, 2.75) is 45.1 Å². The number of anilines is 2. The number of hydrogen-bond acceptors (Lipinski definition) is 4. The number of amides is 2. The third kappa shape index (κ3) is 5.43. The van der Waals surface area contributed by atoms with E-state index in [0.717, 1.165) is 12.8 Å². The number of rotatable bonds is 5. The first kappa shape index (κ1) is 17.5. The number of hydrogen-bond donors (Lipinski definition) is 3. The summed E-state index contributed by atoms with van der Waals surface area (Å²) in [5, 5.41) is 17.7. The molecule has 126 valence electrons. The van der Waals surface area contributed by atoms with E-state index in [9.17, 15) is 14.9 Å². The lowest BCUT2D eigenvalue weighted by Crippen LogP contribution is -2.28. The highest BCUT2D eigenvalue weighted by Crippen LogP contribution is 2.18. The molecular weight excluding hydrogens is 304 g/mol. The van der Waals surface area contributed by atoms with Gasteiger partial charge in [0.25, 0.3) is 5.91 Å². The van der Waals surface area contributed by atoms with Gasteiger partial charge in [-0.3, -0.25) is 9.59 Å². The molecule has 0 heterocycles. The van der Waals surface area contributed by atoms with E-state index in [1.165, 1.54) is 32.4 Å². The van der Waals surface area contributed by atoms with Crippen LogP contribution in [0.25, 0.3) is 0 Å². The first-order valence-corrected chi connectivity index (χ1v) is 8.14. The second kappa shape index (κ2) is 8.73. The predicted molar refractivity (Wildman–Crippen MR) is 93.1 cm³/mol. The summed E-state index contributed by atoms with van der Waals surface area (Å²) in [6.45, 7) is 1.43. The maximum absolute atomic E-state index is 12.2. The molecule has 6 heteroatoms. The van der Waals surface area contributed by atoms with Crippen LogP contribution in [0.4, 0.5) is 11.4 Å². The van der Waals surface area contributed by atoms with Gasteiger partial charge in [-0.25, -0.2) is 0 Å². The molecule has 0 radical (unpaired) electrons. The number of nitriles is 1. The fourth-order valence-electron chi connectivity index (χ4n) is 2.66. The van der Waals surface area contributed by atoms with E-state index in [-0.39, 0.29) is 11.5 Å². The minimum absolute atomic E-state index is 0.0477. The van der Waals surface area contributed by atoms with Crippen LogP contribution in [0, 0.1) is 11.3 Å². The van der Waals surface area contributed by atoms with Crippen LogP contribution in [-0.2, 0) is 9.59 Å². The van der Waals surface area contributed by atoms with Crippen molar-refractivity contribution in [3.8, 4) is 6.07 Å². The van der Waals surface area contributed by atoms with Crippen molar-refractivity contribution in [3.63, 3.8) is 0 Å². The van der Waals surface area contributed by atoms with Crippen molar-refractivity contribution in [1.82, 2.24) is 5.32 Å². The molecule has 0 saturated heterocycles. The largest absolute Gasteiger partial charge is 0.387 e. The molecule has 1 fully saturated rings. The Morgan fingerprint density at radius 3 is 2.21 bits per heavy atom. The van der Waals surface area contributed by atoms with Crippen LogP contribution in [0.3, 0.4) is 0 Å². The standard InChI is InChI=1S/C18H22N4O2/c1-13(23)21-16-7-9-17(10-8-16)22-18(24)14(11-19)12-20-15-5-3-2-4-6-15/h7-10,12,15,20H,2-6H2,1H3,(H,21,23)(H,22,24)/b14-12-. The molecule has 3 N–H and O–H groups in total. The first-order valence-electron chi connectivity index (χ1n) is 8.14. The molecule has 24 heavy (non-hydrogen) atoms. The fourth-order valence-corrected chi connectivity index (χ4v) is 2.66. The number of benzene rings is 1. The SMILES string of the molecule is CC(=O)Nc1ccc(NC(=O)/C(C#N)=C\NC2CCCCC2)cc1. The molecule has 1 aromatic rings. The molecule has 6 nitrogen and oxygen atoms in total. The van der Waals surface area contributed by atoms with Gasteiger partial charge in [0.1, 0.15) is 11.6 Å². The number of carbonyl (C=O) groups excluding carboxylic acids is 2. The lowest BCUT2D eigenvalue weighted by atomic mass is 9.96. The van der Waals surface area contributed by atoms with Gasteiger partial charge in [0.05, 0.1) is 0 Å². The van der Waals surface area contributed by atoms with E-state index in [1.54, 1.807) is 24.3 Å². The summed E-state index contributed by atoms with van der Waals surface area (Å²) < 4.78 is 0. The number of nitrogens with one attached hydrogen (secondary N) is 3. The third-order valence-corrected chi connectivity index (χ3v) is 3.90. The van der Waals surface area contributed by atoms with Crippen LogP contribution >= 0.6 is 0 Å². The first-order chi connectivity index (χ1) is 11.6. The monoisotopic (exact) mass is 326 g/mol. The van der Waals surface area contributed by atoms with E-state index >= 15 is 0 Å². The average molecular weight is 326 g/mol. The highest BCUT2D eigenvalue weighted by Gasteiger charge is 2.14. The van der Waals surface area contributed by atoms with Crippen LogP contribution in [-0.4, -0.2) is 17.9 Å². The number of carbonyl (C=O) groups is 2. The zero-order valence-corrected chi connectivity index (χ0v) is 13.8. The Balaban J connectivity index is 1.93. The maximum Gasteiger partial charge on any atom is 0.267 e. The zero-order chi connectivity index (χ0) is 17.4. The Bertz CT molecular complexity index is 653. The minimum atomic E-state index is -0.451. The summed E-state index contributed by atoms with van der Waals surface area (Å²) in [5.74, 6) is -0.608. The average Bonchev–Trinajstić information content (AvgIpc) is 2.58. The van der Waals surface area contributed by atoms with E-state index in [0.29, 0.717) is 17.4 Å². The Hall–Kier alpha value is -2.81. The van der Waals surface area contributed by atoms with Gasteiger partial charge in [0.2, 0.25) is 5.91 Å². The third-order valence-electron chi connectivity index (χ3n) is 3.90. The summed E-state index contributed by atoms with van der Waals surface area (Å²) in [7, 11) is 0. The molecule has 1 aromatic carbocycles. The smallest absolute Gasteiger partial charge is 0.267 e. The second-order valence-corrected chi connectivity index (χ2v) is 5.88. The van der Waals surface area contributed by atoms with Crippen molar-refractivity contribution >= 4 is 23.2 Å². The molecule has 0 bridgehead atoms. The van der Waals surface area contributed by atoms with Crippen LogP contribution < -0.4 is 16.0 Å². The van der Waals surface area contributed by atoms with Gasteiger partial charge in [-0.1, -0.05) is 19.3 Å². The second-order valence-electron chi connectivity index (χ2n) is 5.88. The van der Waals surface area contributed by atoms with Crippen molar-refractivity contribution < 1.29 is 9.59 Å². The van der Waals surface area contributed by atoms with Crippen LogP contribution in [0.5, 0.6) is 0 Å². The Morgan fingerprint density at radius 2 is 1.67 bits per heavy atom. The van der Waals surface area contributed by atoms with E-state index in [1.807, 2.05) is 6.07 Å². The minimum Gasteiger partial charge on any atom is -0.387 e. The molecule has 0 spiro atoms. The van der Waals surface area contributed by atoms with Gasteiger partial charge in [-0.05, 0) is 37.1 Å². The van der Waals surface area contributed by atoms with Gasteiger partial charge >= 0.3 is 0 Å². The van der Waals surface area contributed by atoms with Gasteiger partial charge in [0, 0.05) is 30.5 Å². The topological polar surface area (TPSA) is 94.0 Å². The Kier molecular flexibility index (Phi) is 6.38. The van der Waals surface area contributed by atoms with Gasteiger partial charge in [0.15, 0.2) is 0 Å². The van der Waals surface area contributed by atoms with Crippen molar-refractivity contribution in [1.29, 1.82) is 5.26 Å². The van der Waals surface area contributed by atoms with Crippen LogP contribution in [0.1, 0.15) is 39.0 Å². The highest BCUT2D eigenvalue weighted by atomic mass is 16.2. The van der Waals surface area contributed by atoms with Crippen molar-refractivity contribution in [2.75, 3.05) is 10.6 Å². The molecule has 0 unspecified atom stereocenters. The highest BCUT2D eigenvalue weighted by molar-refractivity contribution is 6.06. The van der Waals surface area contributed by atoms with E-state index in [2.05, 4.69) is 16.0 Å². The van der Waals surface area contributed by atoms with E-state index in [4.69, 9.17) is 0 Å². The lowest BCUT2D eigenvalue weighted by Gasteiger charge is -2.21. The summed E-state index contributed by atoms with van der Waals surface area (Å²) >= 11 is 0. The summed E-state index contributed by atoms with van der Waals surface area (Å²) in [6.07, 6.45) is 7.27. The maximum atomic E-state index is 12.2. The Labute approximate surface area is 141 Å². The molecule has 1 saturated carbocycles. The summed E-state index contributed by atoms with van der Waals surface area (Å²) in [5.41, 5.74) is 1.26. The van der Waals surface area contributed by atoms with Crippen LogP contribution in [0.2, 0.25) is 0 Å². The molecule has 1 aliphatic carbocycles. The van der Waals surface area contributed by atoms with Gasteiger partial charge < -0.3 is 16.0 Å². The molecule has 2 amide bonds. The lowest BCUT2D eigenvalue weighted by molar-refractivity contribution is -0.114. The molecule has 0 aliphatic heterocycles. The van der Waals surface area contributed by atoms with Crippen LogP contribution in [0.15, 0.2) is 36.0 Å². The van der Waals surface area contributed by atoms with Gasteiger partial charge in [-0.2, -0.15) is 5.26 Å². The fraction of sp³-hybridized carbons (Fsp3) is 0.389. The normalized spacial score (nSPS) is 15.2. The molecule has 0 atom stereocenters. The number of nitrogens with zero attached hydrogens (tertiary/aromatic N) is 1. The summed E-state index contributed by atoms with van der Waals surface area (Å²) in [4.78, 5) is 23.1. The van der Waals surface area contributed by atoms with Gasteiger partial charge in [-0.15, -0.1) is 0 Å². The predicted octanol–water partition coefficient (Wildman–Crippen LogP) is 2.91. The summed E-state index contributed by atoms with van der Waals surface area (Å²) in [6, 6.07) is 8.99. The molecule has 1 aliphatic rings. The quantitative estimate of drug-likeness (QED) is 0.573. The molecule has 2 rings (SSSR count). The molecular formula is C18H22N4O2. The molecule has 0 aromatic heterocycles. The van der Waals surface area contributed by atoms with E-state index < -0.39 is 5.91 Å². The van der Waals surface area contributed by atoms with Crippen molar-refractivity contribution in [3.05, 3.63) is 36.0 Å².